The van der Waals surface area contributed by atoms with E-state index < -0.39 is 0 Å². The number of aromatic nitrogens is 2. The molecule has 3 aromatic rings. The van der Waals surface area contributed by atoms with Gasteiger partial charge in [0.15, 0.2) is 0 Å². The lowest BCUT2D eigenvalue weighted by atomic mass is 10.2. The maximum absolute atomic E-state index is 12.2. The van der Waals surface area contributed by atoms with Gasteiger partial charge in [0.2, 0.25) is 11.9 Å². The van der Waals surface area contributed by atoms with Gasteiger partial charge in [0, 0.05) is 52.8 Å². The molecule has 2 N–H and O–H groups in total. The number of hydrogen-bond acceptors (Lipinski definition) is 6. The van der Waals surface area contributed by atoms with Gasteiger partial charge >= 0.3 is 0 Å². The highest BCUT2D eigenvalue weighted by atomic mass is 79.9. The first kappa shape index (κ1) is 24.8. The third kappa shape index (κ3) is 8.67. The fourth-order valence-electron chi connectivity index (χ4n) is 2.55. The predicted molar refractivity (Wildman–Crippen MR) is 135 cm³/mol. The van der Waals surface area contributed by atoms with E-state index >= 15 is 0 Å². The molecule has 0 spiro atoms. The Morgan fingerprint density at radius 3 is 2.39 bits per heavy atom. The second-order valence-electron chi connectivity index (χ2n) is 7.30. The molecule has 0 fully saturated rings. The van der Waals surface area contributed by atoms with Crippen LogP contribution in [-0.2, 0) is 17.8 Å². The Morgan fingerprint density at radius 2 is 1.81 bits per heavy atom. The number of benzene rings is 1. The molecule has 0 aliphatic heterocycles. The molecule has 2 heterocycles. The molecule has 0 saturated carbocycles. The number of hydrogen-bond donors (Lipinski definition) is 2. The van der Waals surface area contributed by atoms with Crippen molar-refractivity contribution in [2.45, 2.75) is 40.2 Å². The normalized spacial score (nSPS) is 10.1. The Balaban J connectivity index is 0.00000107. The smallest absolute Gasteiger partial charge is 0.229 e. The summed E-state index contributed by atoms with van der Waals surface area (Å²) >= 11 is 4.98. The summed E-state index contributed by atoms with van der Waals surface area (Å²) in [7, 11) is 3.84. The lowest BCUT2D eigenvalue weighted by Gasteiger charge is -2.13. The van der Waals surface area contributed by atoms with Crippen molar-refractivity contribution >= 4 is 50.6 Å². The van der Waals surface area contributed by atoms with Gasteiger partial charge in [-0.2, -0.15) is 4.98 Å². The van der Waals surface area contributed by atoms with Crippen LogP contribution in [0.1, 0.15) is 36.4 Å². The summed E-state index contributed by atoms with van der Waals surface area (Å²) in [6.45, 7) is 6.84. The second-order valence-corrected chi connectivity index (χ2v) is 9.21. The van der Waals surface area contributed by atoms with Gasteiger partial charge < -0.3 is 15.5 Å². The van der Waals surface area contributed by atoms with Crippen molar-refractivity contribution in [1.82, 2.24) is 9.97 Å². The summed E-state index contributed by atoms with van der Waals surface area (Å²) in [6.07, 6.45) is 1.63. The average Bonchev–Trinajstić information content (AvgIpc) is 3.12. The minimum absolute atomic E-state index is 0.0205. The zero-order valence-electron chi connectivity index (χ0n) is 18.7. The van der Waals surface area contributed by atoms with Crippen LogP contribution in [0.3, 0.4) is 0 Å². The van der Waals surface area contributed by atoms with E-state index in [2.05, 4.69) is 50.4 Å². The Kier molecular flexibility index (Phi) is 9.94. The Morgan fingerprint density at radius 1 is 1.13 bits per heavy atom. The molecule has 0 saturated heterocycles. The third-order valence-electron chi connectivity index (χ3n) is 3.91. The van der Waals surface area contributed by atoms with E-state index in [0.717, 1.165) is 32.1 Å². The molecule has 0 bridgehead atoms. The summed E-state index contributed by atoms with van der Waals surface area (Å²) in [5.41, 5.74) is 2.80. The van der Waals surface area contributed by atoms with Gasteiger partial charge in [-0.15, -0.1) is 11.3 Å². The molecule has 1 amide bonds. The number of nitrogens with one attached hydrogen (secondary N) is 2. The maximum atomic E-state index is 12.2. The van der Waals surface area contributed by atoms with E-state index in [1.807, 2.05) is 67.7 Å². The molecular formula is C23H30BrN5OS. The van der Waals surface area contributed by atoms with E-state index in [1.165, 1.54) is 6.42 Å². The van der Waals surface area contributed by atoms with E-state index in [4.69, 9.17) is 0 Å². The van der Waals surface area contributed by atoms with Crippen LogP contribution < -0.4 is 15.5 Å². The zero-order chi connectivity index (χ0) is 22.8. The number of carbonyl (C=O) groups excluding carboxylic acids is 1. The van der Waals surface area contributed by atoms with Crippen LogP contribution in [0.2, 0.25) is 0 Å². The standard InChI is InChI=1S/C20H22BrN5OS.C3H8/c1-13-8-18(25-20(23-13)26(2)3)22-11-14-4-6-16(7-5-14)24-19(27)10-17-9-15(21)12-28-17;1-3-2/h4-9,12H,10-11H2,1-3H3,(H,24,27)(H,22,23,25);3H2,1-2H3. The molecule has 0 aliphatic carbocycles. The predicted octanol–water partition coefficient (Wildman–Crippen LogP) is 5.88. The fraction of sp³-hybridized carbons (Fsp3) is 0.348. The van der Waals surface area contributed by atoms with E-state index in [1.54, 1.807) is 11.3 Å². The molecule has 6 nitrogen and oxygen atoms in total. The van der Waals surface area contributed by atoms with Gasteiger partial charge in [-0.1, -0.05) is 32.4 Å². The van der Waals surface area contributed by atoms with Gasteiger partial charge in [0.1, 0.15) is 5.82 Å². The summed E-state index contributed by atoms with van der Waals surface area (Å²) < 4.78 is 1.01. The number of aryl methyl sites for hydroxylation is 1. The van der Waals surface area contributed by atoms with Crippen molar-refractivity contribution in [2.24, 2.45) is 0 Å². The lowest BCUT2D eigenvalue weighted by Crippen LogP contribution is -2.15. The van der Waals surface area contributed by atoms with Gasteiger partial charge in [0.25, 0.3) is 0 Å². The van der Waals surface area contributed by atoms with Crippen molar-refractivity contribution in [1.29, 1.82) is 0 Å². The van der Waals surface area contributed by atoms with Gasteiger partial charge in [0.05, 0.1) is 6.42 Å². The molecule has 0 aliphatic rings. The molecular weight excluding hydrogens is 474 g/mol. The molecule has 0 atom stereocenters. The summed E-state index contributed by atoms with van der Waals surface area (Å²) in [4.78, 5) is 23.9. The highest BCUT2D eigenvalue weighted by molar-refractivity contribution is 9.10. The Hall–Kier alpha value is -2.45. The first-order chi connectivity index (χ1) is 14.8. The number of amides is 1. The number of thiophene rings is 1. The highest BCUT2D eigenvalue weighted by Gasteiger charge is 2.07. The molecule has 0 unspecified atom stereocenters. The van der Waals surface area contributed by atoms with Crippen LogP contribution in [0.4, 0.5) is 17.5 Å². The Bertz CT molecular complexity index is 972. The van der Waals surface area contributed by atoms with Crippen LogP contribution in [0.25, 0.3) is 0 Å². The summed E-state index contributed by atoms with van der Waals surface area (Å²) in [5, 5.41) is 8.24. The van der Waals surface area contributed by atoms with Crippen molar-refractivity contribution in [3.05, 3.63) is 62.4 Å². The molecule has 2 aromatic heterocycles. The van der Waals surface area contributed by atoms with Gasteiger partial charge in [-0.05, 0) is 46.6 Å². The lowest BCUT2D eigenvalue weighted by molar-refractivity contribution is -0.115. The topological polar surface area (TPSA) is 70.2 Å². The minimum atomic E-state index is -0.0205. The minimum Gasteiger partial charge on any atom is -0.366 e. The van der Waals surface area contributed by atoms with Crippen LogP contribution in [0, 0.1) is 6.92 Å². The van der Waals surface area contributed by atoms with Crippen LogP contribution >= 0.6 is 27.3 Å². The molecule has 3 rings (SSSR count). The number of halogens is 1. The van der Waals surface area contributed by atoms with E-state index in [9.17, 15) is 4.79 Å². The molecule has 8 heteroatoms. The van der Waals surface area contributed by atoms with Gasteiger partial charge in [-0.25, -0.2) is 4.98 Å². The van der Waals surface area contributed by atoms with Gasteiger partial charge in [-0.3, -0.25) is 4.79 Å². The number of rotatable bonds is 7. The molecule has 166 valence electrons. The van der Waals surface area contributed by atoms with Crippen LogP contribution in [-0.4, -0.2) is 30.0 Å². The third-order valence-corrected chi connectivity index (χ3v) is 5.61. The van der Waals surface area contributed by atoms with Crippen LogP contribution in [0.5, 0.6) is 0 Å². The number of carbonyl (C=O) groups is 1. The quantitative estimate of drug-likeness (QED) is 0.420. The van der Waals surface area contributed by atoms with Crippen molar-refractivity contribution in [3.63, 3.8) is 0 Å². The van der Waals surface area contributed by atoms with Crippen LogP contribution in [0.15, 0.2) is 46.3 Å². The summed E-state index contributed by atoms with van der Waals surface area (Å²) in [6, 6.07) is 11.7. The van der Waals surface area contributed by atoms with Crippen molar-refractivity contribution < 1.29 is 4.79 Å². The van der Waals surface area contributed by atoms with E-state index in [-0.39, 0.29) is 5.91 Å². The van der Waals surface area contributed by atoms with E-state index in [0.29, 0.717) is 18.9 Å². The largest absolute Gasteiger partial charge is 0.366 e. The zero-order valence-corrected chi connectivity index (χ0v) is 21.1. The van der Waals surface area contributed by atoms with Crippen molar-refractivity contribution in [3.8, 4) is 0 Å². The second kappa shape index (κ2) is 12.4. The molecule has 1 aromatic carbocycles. The monoisotopic (exact) mass is 503 g/mol. The highest BCUT2D eigenvalue weighted by Crippen LogP contribution is 2.21. The Labute approximate surface area is 197 Å². The summed E-state index contributed by atoms with van der Waals surface area (Å²) in [5.74, 6) is 1.45. The van der Waals surface area contributed by atoms with Crippen molar-refractivity contribution in [2.75, 3.05) is 29.6 Å². The maximum Gasteiger partial charge on any atom is 0.229 e. The average molecular weight is 504 g/mol. The SMILES string of the molecule is CCC.Cc1cc(NCc2ccc(NC(=O)Cc3cc(Br)cs3)cc2)nc(N(C)C)n1. The number of nitrogens with zero attached hydrogens (tertiary/aromatic N) is 3. The first-order valence-electron chi connectivity index (χ1n) is 10.2. The molecule has 0 radical (unpaired) electrons. The number of anilines is 3. The molecule has 31 heavy (non-hydrogen) atoms. The fourth-order valence-corrected chi connectivity index (χ4v) is 4.00. The first-order valence-corrected chi connectivity index (χ1v) is 11.9.